The molecule has 0 saturated carbocycles. The van der Waals surface area contributed by atoms with Crippen molar-refractivity contribution >= 4 is 21.4 Å². The average Bonchev–Trinajstić information content (AvgIpc) is 2.26. The lowest BCUT2D eigenvalue weighted by Crippen LogP contribution is -2.31. The highest BCUT2D eigenvalue weighted by atomic mass is 35.5. The van der Waals surface area contributed by atoms with E-state index < -0.39 is 15.1 Å². The van der Waals surface area contributed by atoms with Crippen molar-refractivity contribution in [1.29, 1.82) is 0 Å². The van der Waals surface area contributed by atoms with Gasteiger partial charge in [-0.15, -0.1) is 0 Å². The van der Waals surface area contributed by atoms with Gasteiger partial charge in [0, 0.05) is 6.54 Å². The van der Waals surface area contributed by atoms with E-state index in [2.05, 4.69) is 5.32 Å². The fourth-order valence-corrected chi connectivity index (χ4v) is 3.19. The molecule has 0 heterocycles. The molecule has 0 fully saturated rings. The fourth-order valence-electron chi connectivity index (χ4n) is 1.35. The van der Waals surface area contributed by atoms with Crippen molar-refractivity contribution in [3.63, 3.8) is 0 Å². The van der Waals surface area contributed by atoms with E-state index in [1.807, 2.05) is 6.92 Å². The number of sulfone groups is 1. The summed E-state index contributed by atoms with van der Waals surface area (Å²) in [4.78, 5) is 0.210. The lowest BCUT2D eigenvalue weighted by atomic mass is 10.4. The zero-order chi connectivity index (χ0) is 12.2. The SMILES string of the molecule is CCNCC(C)S(=O)(=O)c1ccccc1Cl. The normalized spacial score (nSPS) is 13.7. The van der Waals surface area contributed by atoms with Crippen LogP contribution in [0.5, 0.6) is 0 Å². The fraction of sp³-hybridized carbons (Fsp3) is 0.455. The van der Waals surface area contributed by atoms with E-state index in [1.165, 1.54) is 0 Å². The molecule has 0 amide bonds. The third kappa shape index (κ3) is 2.97. The van der Waals surface area contributed by atoms with Gasteiger partial charge in [0.25, 0.3) is 0 Å². The molecule has 1 N–H and O–H groups in total. The van der Waals surface area contributed by atoms with Gasteiger partial charge >= 0.3 is 0 Å². The standard InChI is InChI=1S/C11H16ClNO2S/c1-3-13-8-9(2)16(14,15)11-7-5-4-6-10(11)12/h4-7,9,13H,3,8H2,1-2H3. The lowest BCUT2D eigenvalue weighted by molar-refractivity contribution is 0.574. The quantitative estimate of drug-likeness (QED) is 0.883. The first kappa shape index (κ1) is 13.5. The molecule has 5 heteroatoms. The highest BCUT2D eigenvalue weighted by Crippen LogP contribution is 2.24. The molecule has 0 bridgehead atoms. The molecule has 1 aromatic carbocycles. The van der Waals surface area contributed by atoms with Crippen LogP contribution in [0.1, 0.15) is 13.8 Å². The van der Waals surface area contributed by atoms with Crippen LogP contribution in [0.25, 0.3) is 0 Å². The van der Waals surface area contributed by atoms with Crippen LogP contribution in [0, 0.1) is 0 Å². The van der Waals surface area contributed by atoms with Crippen LogP contribution in [-0.2, 0) is 9.84 Å². The van der Waals surface area contributed by atoms with Crippen LogP contribution in [0.2, 0.25) is 5.02 Å². The molecular formula is C11H16ClNO2S. The molecule has 1 atom stereocenters. The molecular weight excluding hydrogens is 246 g/mol. The molecule has 1 aromatic rings. The molecule has 1 rings (SSSR count). The summed E-state index contributed by atoms with van der Waals surface area (Å²) in [5, 5.41) is 2.82. The lowest BCUT2D eigenvalue weighted by Gasteiger charge is -2.14. The predicted molar refractivity (Wildman–Crippen MR) is 66.6 cm³/mol. The summed E-state index contributed by atoms with van der Waals surface area (Å²) in [7, 11) is -3.34. The molecule has 3 nitrogen and oxygen atoms in total. The van der Waals surface area contributed by atoms with Crippen molar-refractivity contribution in [3.8, 4) is 0 Å². The summed E-state index contributed by atoms with van der Waals surface area (Å²) in [6.45, 7) is 4.81. The largest absolute Gasteiger partial charge is 0.316 e. The van der Waals surface area contributed by atoms with E-state index in [0.717, 1.165) is 6.54 Å². The summed E-state index contributed by atoms with van der Waals surface area (Å²) in [6, 6.07) is 6.53. The molecule has 90 valence electrons. The zero-order valence-corrected chi connectivity index (χ0v) is 11.0. The van der Waals surface area contributed by atoms with E-state index >= 15 is 0 Å². The van der Waals surface area contributed by atoms with E-state index in [9.17, 15) is 8.42 Å². The summed E-state index contributed by atoms with van der Waals surface area (Å²) >= 11 is 5.89. The van der Waals surface area contributed by atoms with Gasteiger partial charge < -0.3 is 5.32 Å². The van der Waals surface area contributed by atoms with E-state index in [0.29, 0.717) is 6.54 Å². The highest BCUT2D eigenvalue weighted by molar-refractivity contribution is 7.92. The van der Waals surface area contributed by atoms with Crippen molar-refractivity contribution < 1.29 is 8.42 Å². The number of hydrogen-bond donors (Lipinski definition) is 1. The number of halogens is 1. The molecule has 16 heavy (non-hydrogen) atoms. The summed E-state index contributed by atoms with van der Waals surface area (Å²) in [6.07, 6.45) is 0. The first-order valence-corrected chi connectivity index (χ1v) is 7.11. The van der Waals surface area contributed by atoms with Crippen molar-refractivity contribution in [2.45, 2.75) is 24.0 Å². The van der Waals surface area contributed by atoms with Crippen LogP contribution < -0.4 is 5.32 Å². The van der Waals surface area contributed by atoms with E-state index in [4.69, 9.17) is 11.6 Å². The number of hydrogen-bond acceptors (Lipinski definition) is 3. The second-order valence-electron chi connectivity index (χ2n) is 3.59. The predicted octanol–water partition coefficient (Wildman–Crippen LogP) is 2.11. The Morgan fingerprint density at radius 3 is 2.56 bits per heavy atom. The molecule has 0 aliphatic carbocycles. The Morgan fingerprint density at radius 2 is 2.00 bits per heavy atom. The third-order valence-corrected chi connectivity index (χ3v) is 4.99. The monoisotopic (exact) mass is 261 g/mol. The summed E-state index contributed by atoms with van der Waals surface area (Å²) < 4.78 is 24.3. The minimum atomic E-state index is -3.34. The highest BCUT2D eigenvalue weighted by Gasteiger charge is 2.24. The van der Waals surface area contributed by atoms with Crippen LogP contribution in [0.15, 0.2) is 29.2 Å². The maximum absolute atomic E-state index is 12.1. The number of benzene rings is 1. The second kappa shape index (κ2) is 5.66. The van der Waals surface area contributed by atoms with Crippen molar-refractivity contribution in [1.82, 2.24) is 5.32 Å². The smallest absolute Gasteiger partial charge is 0.183 e. The Kier molecular flexibility index (Phi) is 4.77. The zero-order valence-electron chi connectivity index (χ0n) is 9.40. The van der Waals surface area contributed by atoms with E-state index in [-0.39, 0.29) is 9.92 Å². The van der Waals surface area contributed by atoms with Crippen LogP contribution in [0.4, 0.5) is 0 Å². The Labute approximate surface area is 102 Å². The van der Waals surface area contributed by atoms with Gasteiger partial charge in [-0.25, -0.2) is 8.42 Å². The van der Waals surface area contributed by atoms with Gasteiger partial charge in [-0.3, -0.25) is 0 Å². The van der Waals surface area contributed by atoms with Gasteiger partial charge in [0.15, 0.2) is 9.84 Å². The minimum absolute atomic E-state index is 0.210. The maximum Gasteiger partial charge on any atom is 0.183 e. The molecule has 0 aliphatic heterocycles. The maximum atomic E-state index is 12.1. The van der Waals surface area contributed by atoms with Crippen LogP contribution in [0.3, 0.4) is 0 Å². The summed E-state index contributed by atoms with van der Waals surface area (Å²) in [5.41, 5.74) is 0. The van der Waals surface area contributed by atoms with Crippen molar-refractivity contribution in [2.24, 2.45) is 0 Å². The van der Waals surface area contributed by atoms with Gasteiger partial charge in [0.05, 0.1) is 15.2 Å². The third-order valence-electron chi connectivity index (χ3n) is 2.35. The first-order chi connectivity index (χ1) is 7.50. The second-order valence-corrected chi connectivity index (χ2v) is 6.34. The molecule has 0 spiro atoms. The van der Waals surface area contributed by atoms with Crippen LogP contribution >= 0.6 is 11.6 Å². The average molecular weight is 262 g/mol. The van der Waals surface area contributed by atoms with E-state index in [1.54, 1.807) is 31.2 Å². The van der Waals surface area contributed by atoms with Gasteiger partial charge in [-0.05, 0) is 25.6 Å². The Balaban J connectivity index is 2.98. The van der Waals surface area contributed by atoms with Gasteiger partial charge in [0.2, 0.25) is 0 Å². The molecule has 0 aromatic heterocycles. The Morgan fingerprint density at radius 1 is 1.38 bits per heavy atom. The number of nitrogens with one attached hydrogen (secondary N) is 1. The molecule has 0 aliphatic rings. The van der Waals surface area contributed by atoms with Gasteiger partial charge in [-0.2, -0.15) is 0 Å². The Hall–Kier alpha value is -0.580. The molecule has 0 saturated heterocycles. The Bertz CT molecular complexity index is 445. The molecule has 0 radical (unpaired) electrons. The molecule has 1 unspecified atom stereocenters. The van der Waals surface area contributed by atoms with Gasteiger partial charge in [0.1, 0.15) is 0 Å². The summed E-state index contributed by atoms with van der Waals surface area (Å²) in [5.74, 6) is 0. The number of rotatable bonds is 5. The van der Waals surface area contributed by atoms with Crippen molar-refractivity contribution in [3.05, 3.63) is 29.3 Å². The van der Waals surface area contributed by atoms with Crippen LogP contribution in [-0.4, -0.2) is 26.8 Å². The van der Waals surface area contributed by atoms with Crippen molar-refractivity contribution in [2.75, 3.05) is 13.1 Å². The topological polar surface area (TPSA) is 46.2 Å². The van der Waals surface area contributed by atoms with Gasteiger partial charge in [-0.1, -0.05) is 30.7 Å². The minimum Gasteiger partial charge on any atom is -0.316 e. The first-order valence-electron chi connectivity index (χ1n) is 5.19.